The predicted octanol–water partition coefficient (Wildman–Crippen LogP) is 3.71. The number of alkyl halides is 2. The summed E-state index contributed by atoms with van der Waals surface area (Å²) in [5, 5.41) is 11.6. The fourth-order valence-corrected chi connectivity index (χ4v) is 3.19. The molecule has 1 heterocycles. The van der Waals surface area contributed by atoms with Gasteiger partial charge in [0.15, 0.2) is 10.1 Å². The predicted molar refractivity (Wildman–Crippen MR) is 86.7 cm³/mol. The topological polar surface area (TPSA) is 64.1 Å². The standard InChI is InChI=1S/C14H13F2N3O2S2/c1-2-7-17-13-18-19-14(23-13)22-8-11(20)9-3-5-10(6-4-9)21-12(15)16/h2-6,12H,1,7-8H2,(H,17,18). The van der Waals surface area contributed by atoms with E-state index in [0.29, 0.717) is 21.6 Å². The van der Waals surface area contributed by atoms with Crippen LogP contribution in [0.15, 0.2) is 41.3 Å². The molecule has 0 radical (unpaired) electrons. The van der Waals surface area contributed by atoms with Crippen LogP contribution in [0, 0.1) is 0 Å². The summed E-state index contributed by atoms with van der Waals surface area (Å²) >= 11 is 2.62. The largest absolute Gasteiger partial charge is 0.435 e. The van der Waals surface area contributed by atoms with E-state index in [-0.39, 0.29) is 17.3 Å². The van der Waals surface area contributed by atoms with Crippen molar-refractivity contribution in [2.75, 3.05) is 17.6 Å². The molecule has 0 aliphatic rings. The monoisotopic (exact) mass is 357 g/mol. The third kappa shape index (κ3) is 5.61. The minimum Gasteiger partial charge on any atom is -0.435 e. The van der Waals surface area contributed by atoms with Crippen LogP contribution in [0.5, 0.6) is 5.75 Å². The molecule has 0 bridgehead atoms. The lowest BCUT2D eigenvalue weighted by atomic mass is 10.1. The second-order valence-corrected chi connectivity index (χ2v) is 6.36. The highest BCUT2D eigenvalue weighted by atomic mass is 32.2. The molecule has 0 saturated heterocycles. The summed E-state index contributed by atoms with van der Waals surface area (Å²) in [5.74, 6) is 0.0752. The second-order valence-electron chi connectivity index (χ2n) is 4.16. The number of rotatable bonds is 9. The number of ketones is 1. The number of nitrogens with zero attached hydrogens (tertiary/aromatic N) is 2. The number of carbonyl (C=O) groups is 1. The molecule has 1 aromatic carbocycles. The van der Waals surface area contributed by atoms with Crippen LogP contribution >= 0.6 is 23.1 Å². The van der Waals surface area contributed by atoms with Gasteiger partial charge in [0.2, 0.25) is 5.13 Å². The van der Waals surface area contributed by atoms with Crippen molar-refractivity contribution >= 4 is 34.0 Å². The van der Waals surface area contributed by atoms with Crippen LogP contribution in [-0.2, 0) is 0 Å². The van der Waals surface area contributed by atoms with Crippen molar-refractivity contribution in [3.05, 3.63) is 42.5 Å². The van der Waals surface area contributed by atoms with E-state index in [0.717, 1.165) is 0 Å². The van der Waals surface area contributed by atoms with Crippen molar-refractivity contribution in [2.45, 2.75) is 11.0 Å². The zero-order valence-corrected chi connectivity index (χ0v) is 13.5. The van der Waals surface area contributed by atoms with E-state index in [4.69, 9.17) is 0 Å². The molecule has 0 saturated carbocycles. The Bertz CT molecular complexity index is 662. The van der Waals surface area contributed by atoms with Crippen LogP contribution in [0.25, 0.3) is 0 Å². The van der Waals surface area contributed by atoms with Crippen LogP contribution in [-0.4, -0.2) is 34.9 Å². The van der Waals surface area contributed by atoms with Crippen LogP contribution in [0.2, 0.25) is 0 Å². The highest BCUT2D eigenvalue weighted by molar-refractivity contribution is 8.01. The molecular weight excluding hydrogens is 344 g/mol. The molecule has 0 fully saturated rings. The van der Waals surface area contributed by atoms with Gasteiger partial charge in [0.05, 0.1) is 5.75 Å². The first-order chi connectivity index (χ1) is 11.1. The number of thioether (sulfide) groups is 1. The number of hydrogen-bond acceptors (Lipinski definition) is 7. The molecular formula is C14H13F2N3O2S2. The minimum absolute atomic E-state index is 0.0197. The quantitative estimate of drug-likeness (QED) is 0.419. The van der Waals surface area contributed by atoms with Crippen molar-refractivity contribution in [2.24, 2.45) is 0 Å². The smallest absolute Gasteiger partial charge is 0.387 e. The molecule has 5 nitrogen and oxygen atoms in total. The van der Waals surface area contributed by atoms with Crippen molar-refractivity contribution in [1.82, 2.24) is 10.2 Å². The van der Waals surface area contributed by atoms with Crippen LogP contribution in [0.4, 0.5) is 13.9 Å². The molecule has 9 heteroatoms. The normalized spacial score (nSPS) is 10.6. The number of carbonyl (C=O) groups excluding carboxylic acids is 1. The highest BCUT2D eigenvalue weighted by Crippen LogP contribution is 2.26. The number of hydrogen-bond donors (Lipinski definition) is 1. The van der Waals surface area contributed by atoms with E-state index in [1.54, 1.807) is 6.08 Å². The SMILES string of the molecule is C=CCNc1nnc(SCC(=O)c2ccc(OC(F)F)cc2)s1. The number of halogens is 2. The van der Waals surface area contributed by atoms with Crippen molar-refractivity contribution in [3.8, 4) is 5.75 Å². The third-order valence-electron chi connectivity index (χ3n) is 2.53. The van der Waals surface area contributed by atoms with Crippen LogP contribution < -0.4 is 10.1 Å². The Morgan fingerprint density at radius 1 is 1.39 bits per heavy atom. The summed E-state index contributed by atoms with van der Waals surface area (Å²) in [4.78, 5) is 12.0. The van der Waals surface area contributed by atoms with E-state index in [9.17, 15) is 13.6 Å². The zero-order valence-electron chi connectivity index (χ0n) is 11.9. The molecule has 1 aromatic heterocycles. The average molecular weight is 357 g/mol. The molecule has 122 valence electrons. The Morgan fingerprint density at radius 2 is 2.13 bits per heavy atom. The number of aromatic nitrogens is 2. The Labute approximate surface area is 139 Å². The van der Waals surface area contributed by atoms with Crippen LogP contribution in [0.1, 0.15) is 10.4 Å². The Hall–Kier alpha value is -2.00. The van der Waals surface area contributed by atoms with Gasteiger partial charge >= 0.3 is 6.61 Å². The van der Waals surface area contributed by atoms with Crippen LogP contribution in [0.3, 0.4) is 0 Å². The zero-order chi connectivity index (χ0) is 16.7. The van der Waals surface area contributed by atoms with Crippen molar-refractivity contribution in [1.29, 1.82) is 0 Å². The summed E-state index contributed by atoms with van der Waals surface area (Å²) in [5.41, 5.74) is 0.425. The first-order valence-electron chi connectivity index (χ1n) is 6.47. The number of ether oxygens (including phenoxy) is 1. The Balaban J connectivity index is 1.86. The summed E-state index contributed by atoms with van der Waals surface area (Å²) in [6.45, 7) is 1.30. The van der Waals surface area contributed by atoms with E-state index < -0.39 is 6.61 Å². The van der Waals surface area contributed by atoms with E-state index in [1.807, 2.05) is 0 Å². The molecule has 0 amide bonds. The fraction of sp³-hybridized carbons (Fsp3) is 0.214. The second kappa shape index (κ2) is 8.59. The average Bonchev–Trinajstić information content (AvgIpc) is 2.98. The molecule has 0 atom stereocenters. The van der Waals surface area contributed by atoms with Gasteiger partial charge in [0.25, 0.3) is 0 Å². The van der Waals surface area contributed by atoms with Gasteiger partial charge in [-0.05, 0) is 24.3 Å². The Kier molecular flexibility index (Phi) is 6.48. The fourth-order valence-electron chi connectivity index (χ4n) is 1.53. The van der Waals surface area contributed by atoms with Gasteiger partial charge in [-0.3, -0.25) is 4.79 Å². The lowest BCUT2D eigenvalue weighted by molar-refractivity contribution is -0.0498. The molecule has 23 heavy (non-hydrogen) atoms. The maximum atomic E-state index is 12.1. The molecule has 2 aromatic rings. The maximum absolute atomic E-state index is 12.1. The Morgan fingerprint density at radius 3 is 2.78 bits per heavy atom. The van der Waals surface area contributed by atoms with Crippen molar-refractivity contribution < 1.29 is 18.3 Å². The van der Waals surface area contributed by atoms with Gasteiger partial charge in [0.1, 0.15) is 5.75 Å². The molecule has 1 N–H and O–H groups in total. The van der Waals surface area contributed by atoms with Gasteiger partial charge in [-0.15, -0.1) is 16.8 Å². The molecule has 0 aliphatic carbocycles. The molecule has 2 rings (SSSR count). The maximum Gasteiger partial charge on any atom is 0.387 e. The van der Waals surface area contributed by atoms with E-state index >= 15 is 0 Å². The summed E-state index contributed by atoms with van der Waals surface area (Å²) in [6, 6.07) is 5.59. The minimum atomic E-state index is -2.88. The number of Topliss-reactive ketones (excluding diaryl/α,β-unsaturated/α-hetero) is 1. The van der Waals surface area contributed by atoms with Gasteiger partial charge in [-0.2, -0.15) is 8.78 Å². The van der Waals surface area contributed by atoms with Gasteiger partial charge in [0, 0.05) is 12.1 Å². The van der Waals surface area contributed by atoms with E-state index in [2.05, 4.69) is 26.8 Å². The first kappa shape index (κ1) is 17.4. The summed E-state index contributed by atoms with van der Waals surface area (Å²) in [7, 11) is 0. The summed E-state index contributed by atoms with van der Waals surface area (Å²) in [6.07, 6.45) is 1.71. The summed E-state index contributed by atoms with van der Waals surface area (Å²) < 4.78 is 29.0. The van der Waals surface area contributed by atoms with E-state index in [1.165, 1.54) is 47.4 Å². The molecule has 0 aliphatic heterocycles. The first-order valence-corrected chi connectivity index (χ1v) is 8.28. The number of anilines is 1. The van der Waals surface area contributed by atoms with Crippen molar-refractivity contribution in [3.63, 3.8) is 0 Å². The third-order valence-corrected chi connectivity index (χ3v) is 4.55. The van der Waals surface area contributed by atoms with Gasteiger partial charge in [-0.1, -0.05) is 29.2 Å². The number of nitrogens with one attached hydrogen (secondary N) is 1. The van der Waals surface area contributed by atoms with Gasteiger partial charge in [-0.25, -0.2) is 0 Å². The highest BCUT2D eigenvalue weighted by Gasteiger charge is 2.11. The lowest BCUT2D eigenvalue weighted by Gasteiger charge is -2.05. The number of benzene rings is 1. The lowest BCUT2D eigenvalue weighted by Crippen LogP contribution is -2.04. The van der Waals surface area contributed by atoms with Gasteiger partial charge < -0.3 is 10.1 Å². The molecule has 0 unspecified atom stereocenters. The molecule has 0 spiro atoms.